The van der Waals surface area contributed by atoms with Crippen molar-refractivity contribution in [2.45, 2.75) is 0 Å². The van der Waals surface area contributed by atoms with Crippen molar-refractivity contribution in [3.63, 3.8) is 0 Å². The van der Waals surface area contributed by atoms with Gasteiger partial charge in [-0.3, -0.25) is 0 Å². The van der Waals surface area contributed by atoms with E-state index >= 15 is 0 Å². The number of benzene rings is 11. The predicted molar refractivity (Wildman–Crippen MR) is 289 cm³/mol. The molecule has 14 rings (SSSR count). The highest BCUT2D eigenvalue weighted by atomic mass is 32.1. The van der Waals surface area contributed by atoms with Crippen LogP contribution in [0.15, 0.2) is 247 Å². The van der Waals surface area contributed by atoms with Gasteiger partial charge in [-0.05, 0) is 106 Å². The summed E-state index contributed by atoms with van der Waals surface area (Å²) in [6.07, 6.45) is 0. The molecule has 0 aliphatic rings. The Labute approximate surface area is 396 Å². The predicted octanol–water partition coefficient (Wildman–Crippen LogP) is 18.7. The standard InChI is InChI=1S/C64H40N2OS/c1-2-17-47-41(15-1)16-13-23-48(47)42-31-35-44(36-32-42)65(57-25-8-5-20-51(57)53-24-14-29-61-63(53)54-22-6-11-28-60(54)67-61)46-39-55(64-56(40-46)52-21-7-12-30-62(52)68-64)43-33-37-45(38-34-43)66-58-26-9-3-18-49(58)50-19-4-10-27-59(50)66/h1-40H. The molecule has 11 aromatic carbocycles. The van der Waals surface area contributed by atoms with Gasteiger partial charge in [0.2, 0.25) is 0 Å². The van der Waals surface area contributed by atoms with E-state index in [-0.39, 0.29) is 0 Å². The van der Waals surface area contributed by atoms with Crippen LogP contribution < -0.4 is 4.90 Å². The molecule has 318 valence electrons. The Morgan fingerprint density at radius 2 is 0.941 bits per heavy atom. The maximum Gasteiger partial charge on any atom is 0.136 e. The summed E-state index contributed by atoms with van der Waals surface area (Å²) in [5, 5.41) is 9.71. The van der Waals surface area contributed by atoms with E-state index in [1.165, 1.54) is 75.0 Å². The molecule has 0 atom stereocenters. The number of thiophene rings is 1. The number of hydrogen-bond donors (Lipinski definition) is 0. The van der Waals surface area contributed by atoms with Crippen molar-refractivity contribution in [3.8, 4) is 39.1 Å². The highest BCUT2D eigenvalue weighted by molar-refractivity contribution is 7.26. The summed E-state index contributed by atoms with van der Waals surface area (Å²) in [6.45, 7) is 0. The molecule has 14 aromatic rings. The Hall–Kier alpha value is -8.70. The lowest BCUT2D eigenvalue weighted by molar-refractivity contribution is 0.669. The SMILES string of the molecule is c1ccc(N(c2ccc(-c3cccc4ccccc34)cc2)c2cc(-c3ccc(-n4c5ccccc5c5ccccc54)cc3)c3sc4ccccc4c3c2)c(-c2cccc3oc4ccccc4c23)c1. The fraction of sp³-hybridized carbons (Fsp3) is 0. The van der Waals surface area contributed by atoms with Crippen LogP contribution in [0.25, 0.3) is 114 Å². The van der Waals surface area contributed by atoms with Crippen molar-refractivity contribution in [2.75, 3.05) is 4.90 Å². The molecule has 0 fully saturated rings. The topological polar surface area (TPSA) is 21.3 Å². The summed E-state index contributed by atoms with van der Waals surface area (Å²) >= 11 is 1.87. The van der Waals surface area contributed by atoms with Crippen LogP contribution in [0.4, 0.5) is 17.1 Å². The van der Waals surface area contributed by atoms with E-state index in [0.717, 1.165) is 55.8 Å². The molecule has 0 radical (unpaired) electrons. The van der Waals surface area contributed by atoms with E-state index in [9.17, 15) is 0 Å². The molecule has 0 aliphatic carbocycles. The number of nitrogens with zero attached hydrogens (tertiary/aromatic N) is 2. The van der Waals surface area contributed by atoms with Crippen LogP contribution in [-0.4, -0.2) is 4.57 Å². The van der Waals surface area contributed by atoms with Gasteiger partial charge in [-0.1, -0.05) is 170 Å². The molecular weight excluding hydrogens is 845 g/mol. The van der Waals surface area contributed by atoms with E-state index in [1.54, 1.807) is 0 Å². The molecule has 4 heteroatoms. The molecule has 3 heterocycles. The third kappa shape index (κ3) is 6.05. The van der Waals surface area contributed by atoms with Crippen LogP contribution in [0.2, 0.25) is 0 Å². The lowest BCUT2D eigenvalue weighted by Crippen LogP contribution is -2.11. The van der Waals surface area contributed by atoms with E-state index in [4.69, 9.17) is 4.42 Å². The molecule has 0 bridgehead atoms. The number of furan rings is 1. The maximum absolute atomic E-state index is 6.48. The number of aromatic nitrogens is 1. The Morgan fingerprint density at radius 3 is 1.75 bits per heavy atom. The number of hydrogen-bond acceptors (Lipinski definition) is 3. The second-order valence-corrected chi connectivity index (χ2v) is 18.6. The minimum Gasteiger partial charge on any atom is -0.456 e. The molecule has 68 heavy (non-hydrogen) atoms. The average molecular weight is 885 g/mol. The van der Waals surface area contributed by atoms with Crippen molar-refractivity contribution in [3.05, 3.63) is 243 Å². The highest BCUT2D eigenvalue weighted by Gasteiger charge is 2.23. The molecule has 0 saturated carbocycles. The first kappa shape index (κ1) is 38.6. The first-order valence-electron chi connectivity index (χ1n) is 23.2. The number of fused-ring (bicyclic) bond motifs is 10. The van der Waals surface area contributed by atoms with Crippen molar-refractivity contribution >= 4 is 103 Å². The number of anilines is 3. The maximum atomic E-state index is 6.48. The van der Waals surface area contributed by atoms with Gasteiger partial charge in [0.25, 0.3) is 0 Å². The summed E-state index contributed by atoms with van der Waals surface area (Å²) < 4.78 is 11.4. The van der Waals surface area contributed by atoms with Crippen molar-refractivity contribution in [1.29, 1.82) is 0 Å². The van der Waals surface area contributed by atoms with E-state index in [1.807, 2.05) is 17.4 Å². The minimum absolute atomic E-state index is 0.877. The molecule has 0 amide bonds. The Morgan fingerprint density at radius 1 is 0.368 bits per heavy atom. The van der Waals surface area contributed by atoms with Gasteiger partial charge < -0.3 is 13.9 Å². The van der Waals surface area contributed by atoms with Crippen molar-refractivity contribution in [1.82, 2.24) is 4.57 Å². The monoisotopic (exact) mass is 884 g/mol. The summed E-state index contributed by atoms with van der Waals surface area (Å²) in [4.78, 5) is 2.46. The molecule has 3 nitrogen and oxygen atoms in total. The first-order valence-corrected chi connectivity index (χ1v) is 24.0. The Bertz CT molecular complexity index is 4210. The van der Waals surface area contributed by atoms with Crippen LogP contribution >= 0.6 is 11.3 Å². The van der Waals surface area contributed by atoms with Gasteiger partial charge in [0.15, 0.2) is 0 Å². The molecule has 3 aromatic heterocycles. The molecule has 0 spiro atoms. The highest BCUT2D eigenvalue weighted by Crippen LogP contribution is 2.49. The van der Waals surface area contributed by atoms with Gasteiger partial charge in [-0.25, -0.2) is 0 Å². The lowest BCUT2D eigenvalue weighted by atomic mass is 9.95. The fourth-order valence-electron chi connectivity index (χ4n) is 10.7. The average Bonchev–Trinajstić information content (AvgIpc) is 4.09. The van der Waals surface area contributed by atoms with Crippen LogP contribution in [-0.2, 0) is 0 Å². The van der Waals surface area contributed by atoms with Gasteiger partial charge in [-0.15, -0.1) is 11.3 Å². The van der Waals surface area contributed by atoms with Gasteiger partial charge in [0.05, 0.1) is 16.7 Å². The van der Waals surface area contributed by atoms with Crippen LogP contribution in [0.3, 0.4) is 0 Å². The van der Waals surface area contributed by atoms with E-state index in [0.29, 0.717) is 0 Å². The smallest absolute Gasteiger partial charge is 0.136 e. The van der Waals surface area contributed by atoms with Gasteiger partial charge in [0.1, 0.15) is 11.2 Å². The van der Waals surface area contributed by atoms with Crippen LogP contribution in [0.5, 0.6) is 0 Å². The summed E-state index contributed by atoms with van der Waals surface area (Å²) in [7, 11) is 0. The second kappa shape index (κ2) is 15.5. The van der Waals surface area contributed by atoms with E-state index in [2.05, 4.69) is 246 Å². The molecule has 0 aliphatic heterocycles. The van der Waals surface area contributed by atoms with Crippen LogP contribution in [0, 0.1) is 0 Å². The zero-order chi connectivity index (χ0) is 44.7. The molecule has 0 unspecified atom stereocenters. The Balaban J connectivity index is 0.997. The number of para-hydroxylation sites is 4. The minimum atomic E-state index is 0.877. The fourth-order valence-corrected chi connectivity index (χ4v) is 12.0. The normalized spacial score (nSPS) is 11.8. The first-order chi connectivity index (χ1) is 33.7. The summed E-state index contributed by atoms with van der Waals surface area (Å²) in [6, 6.07) is 88.3. The second-order valence-electron chi connectivity index (χ2n) is 17.6. The van der Waals surface area contributed by atoms with Crippen molar-refractivity contribution in [2.24, 2.45) is 0 Å². The quantitative estimate of drug-likeness (QED) is 0.159. The zero-order valence-corrected chi connectivity index (χ0v) is 37.6. The number of rotatable bonds is 7. The van der Waals surface area contributed by atoms with Crippen molar-refractivity contribution < 1.29 is 4.42 Å². The molecular formula is C64H40N2OS. The van der Waals surface area contributed by atoms with Gasteiger partial charge in [0, 0.05) is 69.9 Å². The zero-order valence-electron chi connectivity index (χ0n) is 36.8. The lowest BCUT2D eigenvalue weighted by Gasteiger charge is -2.29. The molecule has 0 saturated heterocycles. The summed E-state index contributed by atoms with van der Waals surface area (Å²) in [5.74, 6) is 0. The van der Waals surface area contributed by atoms with Crippen LogP contribution in [0.1, 0.15) is 0 Å². The van der Waals surface area contributed by atoms with Gasteiger partial charge >= 0.3 is 0 Å². The molecule has 0 N–H and O–H groups in total. The Kier molecular flexibility index (Phi) is 8.76. The third-order valence-corrected chi connectivity index (χ3v) is 15.0. The summed E-state index contributed by atoms with van der Waals surface area (Å²) in [5.41, 5.74) is 15.5. The third-order valence-electron chi connectivity index (χ3n) is 13.8. The largest absolute Gasteiger partial charge is 0.456 e. The van der Waals surface area contributed by atoms with E-state index < -0.39 is 0 Å². The van der Waals surface area contributed by atoms with Gasteiger partial charge in [-0.2, -0.15) is 0 Å².